The van der Waals surface area contributed by atoms with E-state index in [4.69, 9.17) is 4.74 Å². The van der Waals surface area contributed by atoms with Crippen LogP contribution < -0.4 is 5.43 Å². The number of unbranched alkanes of at least 4 members (excludes halogenated alkanes) is 5. The molecule has 0 unspecified atom stereocenters. The Morgan fingerprint density at radius 3 is 2.71 bits per heavy atom. The molecule has 80 valence electrons. The van der Waals surface area contributed by atoms with Gasteiger partial charge in [0.25, 0.3) is 0 Å². The molecule has 0 aliphatic carbocycles. The van der Waals surface area contributed by atoms with Gasteiger partial charge < -0.3 is 4.74 Å². The van der Waals surface area contributed by atoms with Crippen LogP contribution in [0.1, 0.15) is 45.4 Å². The highest BCUT2D eigenvalue weighted by Crippen LogP contribution is 2.05. The third-order valence-electron chi connectivity index (χ3n) is 2.29. The van der Waals surface area contributed by atoms with E-state index in [0.717, 1.165) is 18.8 Å². The molecule has 0 atom stereocenters. The van der Waals surface area contributed by atoms with Gasteiger partial charge in [0, 0.05) is 0 Å². The number of nitrogens with two attached hydrogens (primary N) is 1. The van der Waals surface area contributed by atoms with Gasteiger partial charge in [-0.15, -0.1) is 0 Å². The minimum Gasteiger partial charge on any atom is -0.487 e. The van der Waals surface area contributed by atoms with Crippen molar-refractivity contribution in [2.45, 2.75) is 45.4 Å². The Hall–Kier alpha value is -0.830. The summed E-state index contributed by atoms with van der Waals surface area (Å²) in [6, 6.07) is 0. The summed E-state index contributed by atoms with van der Waals surface area (Å²) in [4.78, 5) is 0. The quantitative estimate of drug-likeness (QED) is 0.467. The molecule has 0 amide bonds. The van der Waals surface area contributed by atoms with E-state index in [-0.39, 0.29) is 0 Å². The van der Waals surface area contributed by atoms with Crippen molar-refractivity contribution in [3.05, 3.63) is 12.0 Å². The Morgan fingerprint density at radius 2 is 2.00 bits per heavy atom. The Bertz CT molecular complexity index is 199. The molecule has 1 aliphatic heterocycles. The van der Waals surface area contributed by atoms with Gasteiger partial charge in [-0.2, -0.15) is 5.43 Å². The monoisotopic (exact) mass is 197 g/mol. The molecule has 0 bridgehead atoms. The van der Waals surface area contributed by atoms with Gasteiger partial charge in [0.15, 0.2) is 12.0 Å². The first-order valence-corrected chi connectivity index (χ1v) is 5.63. The first-order chi connectivity index (χ1) is 6.93. The van der Waals surface area contributed by atoms with E-state index in [1.54, 1.807) is 11.6 Å². The van der Waals surface area contributed by atoms with E-state index in [1.807, 2.05) is 6.20 Å². The molecule has 0 aromatic carbocycles. The minimum absolute atomic E-state index is 0.831. The van der Waals surface area contributed by atoms with E-state index >= 15 is 0 Å². The Balaban J connectivity index is 1.82. The van der Waals surface area contributed by atoms with Crippen molar-refractivity contribution in [3.63, 3.8) is 0 Å². The summed E-state index contributed by atoms with van der Waals surface area (Å²) in [5, 5.41) is 3.94. The minimum atomic E-state index is 0.831. The van der Waals surface area contributed by atoms with Crippen LogP contribution >= 0.6 is 0 Å². The summed E-state index contributed by atoms with van der Waals surface area (Å²) >= 11 is 0. The van der Waals surface area contributed by atoms with Crippen molar-refractivity contribution < 1.29 is 10.2 Å². The molecule has 0 aromatic heterocycles. The highest BCUT2D eigenvalue weighted by Gasteiger charge is 2.02. The lowest BCUT2D eigenvalue weighted by atomic mass is 10.1. The van der Waals surface area contributed by atoms with Crippen LogP contribution in [-0.2, 0) is 4.74 Å². The van der Waals surface area contributed by atoms with Gasteiger partial charge in [0.1, 0.15) is 6.21 Å². The average molecular weight is 197 g/mol. The molecule has 1 rings (SSSR count). The van der Waals surface area contributed by atoms with Gasteiger partial charge in [-0.3, -0.25) is 0 Å². The van der Waals surface area contributed by atoms with Crippen molar-refractivity contribution in [1.29, 1.82) is 0 Å². The smallest absolute Gasteiger partial charge is 0.198 e. The Labute approximate surface area is 86.2 Å². The molecular formula is C11H21N2O+. The highest BCUT2D eigenvalue weighted by atomic mass is 16.5. The van der Waals surface area contributed by atoms with E-state index < -0.39 is 0 Å². The second kappa shape index (κ2) is 7.56. The lowest BCUT2D eigenvalue weighted by Crippen LogP contribution is -2.69. The predicted octanol–water partition coefficient (Wildman–Crippen LogP) is 1.77. The van der Waals surface area contributed by atoms with Crippen LogP contribution in [0.5, 0.6) is 0 Å². The molecular weight excluding hydrogens is 176 g/mol. The molecule has 1 aliphatic rings. The fourth-order valence-corrected chi connectivity index (χ4v) is 1.43. The third-order valence-corrected chi connectivity index (χ3v) is 2.29. The fourth-order valence-electron chi connectivity index (χ4n) is 1.43. The van der Waals surface area contributed by atoms with E-state index in [1.165, 1.54) is 32.1 Å². The molecule has 0 aromatic rings. The van der Waals surface area contributed by atoms with Crippen LogP contribution in [0, 0.1) is 0 Å². The Kier molecular flexibility index (Phi) is 6.07. The van der Waals surface area contributed by atoms with Gasteiger partial charge in [-0.1, -0.05) is 44.1 Å². The second-order valence-electron chi connectivity index (χ2n) is 3.61. The number of quaternary nitrogens is 1. The number of hydrogen-bond acceptors (Lipinski definition) is 2. The van der Waals surface area contributed by atoms with Gasteiger partial charge in [0.05, 0.1) is 6.61 Å². The van der Waals surface area contributed by atoms with Gasteiger partial charge in [0.2, 0.25) is 0 Å². The van der Waals surface area contributed by atoms with Crippen LogP contribution in [-0.4, -0.2) is 12.8 Å². The van der Waals surface area contributed by atoms with Crippen LogP contribution in [0.25, 0.3) is 0 Å². The number of rotatable bonds is 8. The van der Waals surface area contributed by atoms with Crippen molar-refractivity contribution in [3.8, 4) is 0 Å². The summed E-state index contributed by atoms with van der Waals surface area (Å²) in [5.41, 5.74) is 1.76. The zero-order valence-corrected chi connectivity index (χ0v) is 9.04. The van der Waals surface area contributed by atoms with Crippen LogP contribution in [0.3, 0.4) is 0 Å². The predicted molar refractivity (Wildman–Crippen MR) is 57.8 cm³/mol. The second-order valence-corrected chi connectivity index (χ2v) is 3.61. The SMILES string of the molecule is CCCCCCCCOC1=C[NH2+]N=C1. The summed E-state index contributed by atoms with van der Waals surface area (Å²) in [6.07, 6.45) is 11.5. The summed E-state index contributed by atoms with van der Waals surface area (Å²) in [5.74, 6) is 0.901. The normalized spacial score (nSPS) is 14.5. The number of hydrogen-bond donors (Lipinski definition) is 1. The topological polar surface area (TPSA) is 38.2 Å². The number of nitrogens with zero attached hydrogens (tertiary/aromatic N) is 1. The molecule has 1 heterocycles. The van der Waals surface area contributed by atoms with Crippen molar-refractivity contribution in [2.24, 2.45) is 5.10 Å². The number of ether oxygens (including phenoxy) is 1. The third kappa shape index (κ3) is 5.02. The van der Waals surface area contributed by atoms with E-state index in [2.05, 4.69) is 12.0 Å². The highest BCUT2D eigenvalue weighted by molar-refractivity contribution is 5.75. The molecule has 2 N–H and O–H groups in total. The maximum Gasteiger partial charge on any atom is 0.198 e. The van der Waals surface area contributed by atoms with Crippen LogP contribution in [0.4, 0.5) is 0 Å². The van der Waals surface area contributed by atoms with E-state index in [9.17, 15) is 0 Å². The van der Waals surface area contributed by atoms with Crippen molar-refractivity contribution >= 4 is 6.21 Å². The average Bonchev–Trinajstić information content (AvgIpc) is 2.69. The van der Waals surface area contributed by atoms with Crippen molar-refractivity contribution in [2.75, 3.05) is 6.61 Å². The molecule has 3 nitrogen and oxygen atoms in total. The standard InChI is InChI=1S/C11H20N2O/c1-2-3-4-5-6-7-8-14-11-9-12-13-10-11/h9-10H,2-8H2,1H3,(H,12,13)/p+1. The lowest BCUT2D eigenvalue weighted by molar-refractivity contribution is -0.590. The summed E-state index contributed by atoms with van der Waals surface area (Å²) < 4.78 is 5.49. The summed E-state index contributed by atoms with van der Waals surface area (Å²) in [6.45, 7) is 3.07. The molecule has 0 radical (unpaired) electrons. The molecule has 0 fully saturated rings. The van der Waals surface area contributed by atoms with Gasteiger partial charge >= 0.3 is 0 Å². The largest absolute Gasteiger partial charge is 0.487 e. The van der Waals surface area contributed by atoms with Crippen molar-refractivity contribution in [1.82, 2.24) is 0 Å². The number of allylic oxidation sites excluding steroid dienone is 1. The zero-order chi connectivity index (χ0) is 10.1. The fraction of sp³-hybridized carbons (Fsp3) is 0.727. The summed E-state index contributed by atoms with van der Waals surface area (Å²) in [7, 11) is 0. The van der Waals surface area contributed by atoms with Crippen LogP contribution in [0.2, 0.25) is 0 Å². The molecule has 0 saturated heterocycles. The Morgan fingerprint density at radius 1 is 1.21 bits per heavy atom. The molecule has 0 saturated carbocycles. The zero-order valence-electron chi connectivity index (χ0n) is 9.04. The first-order valence-electron chi connectivity index (χ1n) is 5.63. The van der Waals surface area contributed by atoms with Gasteiger partial charge in [-0.05, 0) is 6.42 Å². The lowest BCUT2D eigenvalue weighted by Gasteiger charge is -2.02. The molecule has 3 heteroatoms. The maximum absolute atomic E-state index is 5.49. The molecule has 14 heavy (non-hydrogen) atoms. The van der Waals surface area contributed by atoms with Crippen LogP contribution in [0.15, 0.2) is 17.1 Å². The first kappa shape index (κ1) is 11.2. The maximum atomic E-state index is 5.49. The van der Waals surface area contributed by atoms with E-state index in [0.29, 0.717) is 0 Å². The molecule has 0 spiro atoms. The van der Waals surface area contributed by atoms with Gasteiger partial charge in [-0.25, -0.2) is 0 Å².